The number of amides is 1. The molecule has 3 atom stereocenters. The molecule has 23 heavy (non-hydrogen) atoms. The highest BCUT2D eigenvalue weighted by Crippen LogP contribution is 2.37. The van der Waals surface area contributed by atoms with Gasteiger partial charge in [-0.15, -0.1) is 0 Å². The van der Waals surface area contributed by atoms with Crippen LogP contribution in [0.15, 0.2) is 24.3 Å². The zero-order valence-corrected chi connectivity index (χ0v) is 13.7. The van der Waals surface area contributed by atoms with Crippen LogP contribution >= 0.6 is 0 Å². The second-order valence-electron chi connectivity index (χ2n) is 6.63. The molecule has 2 N–H and O–H groups in total. The number of rotatable bonds is 6. The minimum atomic E-state index is 0.195. The fourth-order valence-corrected chi connectivity index (χ4v) is 3.79. The quantitative estimate of drug-likeness (QED) is 0.806. The van der Waals surface area contributed by atoms with Crippen molar-refractivity contribution in [2.24, 2.45) is 17.6 Å². The first-order chi connectivity index (χ1) is 11.2. The van der Waals surface area contributed by atoms with Crippen molar-refractivity contribution in [3.05, 3.63) is 29.8 Å². The van der Waals surface area contributed by atoms with Gasteiger partial charge >= 0.3 is 0 Å². The van der Waals surface area contributed by atoms with E-state index in [1.165, 1.54) is 6.42 Å². The molecular weight excluding hydrogens is 292 g/mol. The lowest BCUT2D eigenvalue weighted by Gasteiger charge is -2.19. The Labute approximate surface area is 137 Å². The summed E-state index contributed by atoms with van der Waals surface area (Å²) in [6, 6.07) is 8.03. The van der Waals surface area contributed by atoms with Gasteiger partial charge in [-0.2, -0.15) is 0 Å². The Bertz CT molecular complexity index is 549. The van der Waals surface area contributed by atoms with Crippen molar-refractivity contribution in [2.75, 3.05) is 33.4 Å². The molecule has 1 heterocycles. The monoisotopic (exact) mass is 318 g/mol. The number of hydrogen-bond donors (Lipinski definition) is 1. The first kappa shape index (κ1) is 16.3. The van der Waals surface area contributed by atoms with E-state index in [1.54, 1.807) is 7.11 Å². The summed E-state index contributed by atoms with van der Waals surface area (Å²) in [5, 5.41) is 0. The normalized spacial score (nSPS) is 26.3. The number of carbonyl (C=O) groups excluding carboxylic acids is 1. The number of nitrogens with zero attached hydrogens (tertiary/aromatic N) is 1. The van der Waals surface area contributed by atoms with Gasteiger partial charge < -0.3 is 20.1 Å². The average molecular weight is 318 g/mol. The molecule has 5 nitrogen and oxygen atoms in total. The third-order valence-electron chi connectivity index (χ3n) is 5.08. The van der Waals surface area contributed by atoms with Gasteiger partial charge in [-0.1, -0.05) is 12.1 Å². The number of methoxy groups -OCH3 is 1. The summed E-state index contributed by atoms with van der Waals surface area (Å²) in [6.45, 7) is 2.77. The Kier molecular flexibility index (Phi) is 5.18. The molecule has 1 aliphatic heterocycles. The highest BCUT2D eigenvalue weighted by Gasteiger charge is 2.42. The summed E-state index contributed by atoms with van der Waals surface area (Å²) in [7, 11) is 1.65. The van der Waals surface area contributed by atoms with E-state index in [9.17, 15) is 4.79 Å². The third kappa shape index (κ3) is 3.85. The van der Waals surface area contributed by atoms with Gasteiger partial charge in [0.1, 0.15) is 12.4 Å². The van der Waals surface area contributed by atoms with Crippen LogP contribution < -0.4 is 10.5 Å². The number of carbonyl (C=O) groups is 1. The van der Waals surface area contributed by atoms with Gasteiger partial charge in [0, 0.05) is 26.2 Å². The van der Waals surface area contributed by atoms with Crippen LogP contribution in [0.2, 0.25) is 0 Å². The van der Waals surface area contributed by atoms with Crippen molar-refractivity contribution in [1.29, 1.82) is 0 Å². The second kappa shape index (κ2) is 7.32. The molecule has 0 spiro atoms. The zero-order valence-electron chi connectivity index (χ0n) is 13.7. The maximum atomic E-state index is 12.5. The molecule has 1 aromatic rings. The Hall–Kier alpha value is -1.59. The Morgan fingerprint density at radius 3 is 2.96 bits per heavy atom. The van der Waals surface area contributed by atoms with E-state index in [4.69, 9.17) is 15.2 Å². The van der Waals surface area contributed by atoms with Gasteiger partial charge in [0.15, 0.2) is 0 Å². The van der Waals surface area contributed by atoms with Crippen molar-refractivity contribution in [1.82, 2.24) is 4.90 Å². The van der Waals surface area contributed by atoms with Gasteiger partial charge in [0.25, 0.3) is 0 Å². The number of nitrogens with two attached hydrogens (primary N) is 1. The molecule has 1 amide bonds. The molecule has 3 rings (SSSR count). The van der Waals surface area contributed by atoms with Crippen LogP contribution in [0.4, 0.5) is 0 Å². The number of likely N-dealkylation sites (tertiary alicyclic amines) is 1. The first-order valence-corrected chi connectivity index (χ1v) is 8.41. The highest BCUT2D eigenvalue weighted by atomic mass is 16.5. The summed E-state index contributed by atoms with van der Waals surface area (Å²) in [5.74, 6) is 2.09. The van der Waals surface area contributed by atoms with Crippen LogP contribution in [0.5, 0.6) is 5.75 Å². The van der Waals surface area contributed by atoms with Gasteiger partial charge in [0.2, 0.25) is 5.91 Å². The lowest BCUT2D eigenvalue weighted by molar-refractivity contribution is -0.129. The Balaban J connectivity index is 1.55. The van der Waals surface area contributed by atoms with Crippen molar-refractivity contribution in [2.45, 2.75) is 25.3 Å². The molecule has 0 bridgehead atoms. The largest absolute Gasteiger partial charge is 0.491 e. The standard InChI is InChI=1S/C18H26N2O3/c1-22-7-8-23-15-4-2-3-13(9-15)10-18(21)20-11-14-5-6-17(19)16(14)12-20/h2-4,9,14,16-17H,5-8,10-12,19H2,1H3. The molecule has 0 radical (unpaired) electrons. The lowest BCUT2D eigenvalue weighted by atomic mass is 9.98. The van der Waals surface area contributed by atoms with Gasteiger partial charge in [-0.25, -0.2) is 0 Å². The van der Waals surface area contributed by atoms with E-state index in [0.717, 1.165) is 30.8 Å². The van der Waals surface area contributed by atoms with Crippen LogP contribution in [0, 0.1) is 11.8 Å². The lowest BCUT2D eigenvalue weighted by Crippen LogP contribution is -2.34. The number of benzene rings is 1. The Morgan fingerprint density at radius 1 is 1.30 bits per heavy atom. The molecule has 1 aliphatic carbocycles. The fraction of sp³-hybridized carbons (Fsp3) is 0.611. The minimum absolute atomic E-state index is 0.195. The van der Waals surface area contributed by atoms with Crippen molar-refractivity contribution >= 4 is 5.91 Å². The van der Waals surface area contributed by atoms with Crippen LogP contribution in [-0.2, 0) is 16.0 Å². The van der Waals surface area contributed by atoms with Crippen molar-refractivity contribution < 1.29 is 14.3 Å². The second-order valence-corrected chi connectivity index (χ2v) is 6.63. The van der Waals surface area contributed by atoms with E-state index < -0.39 is 0 Å². The molecule has 126 valence electrons. The van der Waals surface area contributed by atoms with E-state index >= 15 is 0 Å². The smallest absolute Gasteiger partial charge is 0.227 e. The summed E-state index contributed by atoms with van der Waals surface area (Å²) >= 11 is 0. The molecule has 1 aromatic carbocycles. The molecule has 3 unspecified atom stereocenters. The Morgan fingerprint density at radius 2 is 2.17 bits per heavy atom. The molecule has 1 saturated carbocycles. The predicted molar refractivity (Wildman–Crippen MR) is 88.3 cm³/mol. The maximum Gasteiger partial charge on any atom is 0.227 e. The number of ether oxygens (including phenoxy) is 2. The van der Waals surface area contributed by atoms with Gasteiger partial charge in [0.05, 0.1) is 13.0 Å². The molecular formula is C18H26N2O3. The van der Waals surface area contributed by atoms with Crippen molar-refractivity contribution in [3.8, 4) is 5.75 Å². The van der Waals surface area contributed by atoms with E-state index in [0.29, 0.717) is 31.5 Å². The first-order valence-electron chi connectivity index (χ1n) is 8.41. The van der Waals surface area contributed by atoms with Crippen LogP contribution in [-0.4, -0.2) is 50.3 Å². The predicted octanol–water partition coefficient (Wildman–Crippen LogP) is 1.45. The highest BCUT2D eigenvalue weighted by molar-refractivity contribution is 5.79. The van der Waals surface area contributed by atoms with Crippen LogP contribution in [0.3, 0.4) is 0 Å². The van der Waals surface area contributed by atoms with Gasteiger partial charge in [-0.05, 0) is 42.4 Å². The number of hydrogen-bond acceptors (Lipinski definition) is 4. The zero-order chi connectivity index (χ0) is 16.2. The minimum Gasteiger partial charge on any atom is -0.491 e. The maximum absolute atomic E-state index is 12.5. The van der Waals surface area contributed by atoms with E-state index in [-0.39, 0.29) is 11.9 Å². The summed E-state index contributed by atoms with van der Waals surface area (Å²) < 4.78 is 10.6. The third-order valence-corrected chi connectivity index (χ3v) is 5.08. The van der Waals surface area contributed by atoms with E-state index in [1.807, 2.05) is 29.2 Å². The molecule has 0 aromatic heterocycles. The van der Waals surface area contributed by atoms with Crippen LogP contribution in [0.25, 0.3) is 0 Å². The topological polar surface area (TPSA) is 64.8 Å². The molecule has 2 aliphatic rings. The summed E-state index contributed by atoms with van der Waals surface area (Å²) in [6.07, 6.45) is 2.70. The molecule has 2 fully saturated rings. The molecule has 5 heteroatoms. The fourth-order valence-electron chi connectivity index (χ4n) is 3.79. The average Bonchev–Trinajstić information content (AvgIpc) is 3.11. The number of fused-ring (bicyclic) bond motifs is 1. The summed E-state index contributed by atoms with van der Waals surface area (Å²) in [4.78, 5) is 14.5. The molecule has 1 saturated heterocycles. The summed E-state index contributed by atoms with van der Waals surface area (Å²) in [5.41, 5.74) is 7.14. The SMILES string of the molecule is COCCOc1cccc(CC(=O)N2CC3CCC(N)C3C2)c1. The van der Waals surface area contributed by atoms with Crippen LogP contribution in [0.1, 0.15) is 18.4 Å². The van der Waals surface area contributed by atoms with Gasteiger partial charge in [-0.3, -0.25) is 4.79 Å². The van der Waals surface area contributed by atoms with Crippen molar-refractivity contribution in [3.63, 3.8) is 0 Å². The van der Waals surface area contributed by atoms with E-state index in [2.05, 4.69) is 0 Å².